The molecule has 0 saturated carbocycles. The predicted octanol–water partition coefficient (Wildman–Crippen LogP) is 2.52. The predicted molar refractivity (Wildman–Crippen MR) is 82.0 cm³/mol. The molecule has 0 aliphatic carbocycles. The highest BCUT2D eigenvalue weighted by atomic mass is 16.6. The van der Waals surface area contributed by atoms with Gasteiger partial charge in [0, 0.05) is 19.9 Å². The van der Waals surface area contributed by atoms with Crippen molar-refractivity contribution in [2.45, 2.75) is 45.3 Å². The molecule has 6 nitrogen and oxygen atoms in total. The second-order valence-corrected chi connectivity index (χ2v) is 6.49. The van der Waals surface area contributed by atoms with Crippen molar-refractivity contribution >= 4 is 12.0 Å². The number of aromatic nitrogens is 1. The van der Waals surface area contributed by atoms with E-state index in [9.17, 15) is 9.59 Å². The molecule has 1 unspecified atom stereocenters. The number of likely N-dealkylation sites (tertiary alicyclic amines) is 1. The summed E-state index contributed by atoms with van der Waals surface area (Å²) in [4.78, 5) is 26.7. The van der Waals surface area contributed by atoms with Crippen LogP contribution in [0.1, 0.15) is 44.1 Å². The summed E-state index contributed by atoms with van der Waals surface area (Å²) in [5, 5.41) is 0. The smallest absolute Gasteiger partial charge is 0.419 e. The van der Waals surface area contributed by atoms with E-state index in [2.05, 4.69) is 0 Å². The molecule has 1 fully saturated rings. The summed E-state index contributed by atoms with van der Waals surface area (Å²) in [7, 11) is 1.63. The van der Waals surface area contributed by atoms with Crippen molar-refractivity contribution in [2.75, 3.05) is 20.3 Å². The first-order chi connectivity index (χ1) is 10.3. The van der Waals surface area contributed by atoms with Gasteiger partial charge in [0.05, 0.1) is 12.6 Å². The molecule has 1 atom stereocenters. The quantitative estimate of drug-likeness (QED) is 0.861. The number of ether oxygens (including phenoxy) is 2. The van der Waals surface area contributed by atoms with Crippen LogP contribution < -0.4 is 0 Å². The Morgan fingerprint density at radius 1 is 1.36 bits per heavy atom. The molecule has 1 aliphatic rings. The number of carbonyl (C=O) groups is 2. The van der Waals surface area contributed by atoms with Crippen LogP contribution in [0, 0.1) is 0 Å². The minimum atomic E-state index is -0.603. The van der Waals surface area contributed by atoms with E-state index in [0.717, 1.165) is 12.8 Å². The second-order valence-electron chi connectivity index (χ2n) is 6.49. The molecule has 1 aliphatic heterocycles. The summed E-state index contributed by atoms with van der Waals surface area (Å²) in [5.74, 6) is -0.157. The number of nitrogens with zero attached hydrogens (tertiary/aromatic N) is 2. The summed E-state index contributed by atoms with van der Waals surface area (Å²) in [6.07, 6.45) is 2.89. The molecule has 1 aromatic rings. The van der Waals surface area contributed by atoms with Gasteiger partial charge in [0.2, 0.25) is 0 Å². The Balaban J connectivity index is 2.18. The zero-order valence-electron chi connectivity index (χ0n) is 13.7. The molecular weight excluding hydrogens is 284 g/mol. The van der Waals surface area contributed by atoms with E-state index in [1.807, 2.05) is 0 Å². The van der Waals surface area contributed by atoms with Crippen LogP contribution in [0.5, 0.6) is 0 Å². The highest BCUT2D eigenvalue weighted by Gasteiger charge is 2.32. The number of amides is 1. The number of hydrogen-bond acceptors (Lipinski definition) is 4. The first-order valence-electron chi connectivity index (χ1n) is 7.54. The molecule has 2 heterocycles. The molecule has 1 saturated heterocycles. The zero-order valence-corrected chi connectivity index (χ0v) is 13.7. The highest BCUT2D eigenvalue weighted by Crippen LogP contribution is 2.21. The molecule has 0 aromatic carbocycles. The van der Waals surface area contributed by atoms with E-state index in [1.165, 1.54) is 4.57 Å². The van der Waals surface area contributed by atoms with Gasteiger partial charge in [0.25, 0.3) is 5.91 Å². The van der Waals surface area contributed by atoms with Gasteiger partial charge in [-0.2, -0.15) is 0 Å². The minimum Gasteiger partial charge on any atom is -0.443 e. The van der Waals surface area contributed by atoms with E-state index in [-0.39, 0.29) is 11.9 Å². The lowest BCUT2D eigenvalue weighted by Crippen LogP contribution is -2.40. The molecular formula is C16H24N2O4. The Labute approximate surface area is 131 Å². The molecule has 6 heteroatoms. The van der Waals surface area contributed by atoms with E-state index in [1.54, 1.807) is 51.1 Å². The highest BCUT2D eigenvalue weighted by molar-refractivity contribution is 5.96. The Morgan fingerprint density at radius 3 is 2.73 bits per heavy atom. The van der Waals surface area contributed by atoms with Crippen molar-refractivity contribution in [2.24, 2.45) is 0 Å². The molecule has 22 heavy (non-hydrogen) atoms. The third-order valence-corrected chi connectivity index (χ3v) is 3.56. The third-order valence-electron chi connectivity index (χ3n) is 3.56. The fourth-order valence-corrected chi connectivity index (χ4v) is 2.64. The van der Waals surface area contributed by atoms with Crippen molar-refractivity contribution in [3.8, 4) is 0 Å². The number of hydrogen-bond donors (Lipinski definition) is 0. The van der Waals surface area contributed by atoms with Gasteiger partial charge < -0.3 is 14.4 Å². The first-order valence-corrected chi connectivity index (χ1v) is 7.54. The molecule has 2 rings (SSSR count). The fraction of sp³-hybridized carbons (Fsp3) is 0.625. The summed E-state index contributed by atoms with van der Waals surface area (Å²) < 4.78 is 11.8. The molecule has 122 valence electrons. The zero-order chi connectivity index (χ0) is 16.3. The Morgan fingerprint density at radius 2 is 2.09 bits per heavy atom. The first kappa shape index (κ1) is 16.5. The van der Waals surface area contributed by atoms with Gasteiger partial charge in [-0.3, -0.25) is 4.79 Å². The maximum absolute atomic E-state index is 12.7. The number of rotatable bonds is 3. The molecule has 1 aromatic heterocycles. The van der Waals surface area contributed by atoms with Crippen molar-refractivity contribution in [3.05, 3.63) is 24.0 Å². The topological polar surface area (TPSA) is 60.8 Å². The second kappa shape index (κ2) is 6.52. The third kappa shape index (κ3) is 3.68. The van der Waals surface area contributed by atoms with E-state index in [4.69, 9.17) is 9.47 Å². The molecule has 0 bridgehead atoms. The number of carbonyl (C=O) groups excluding carboxylic acids is 2. The van der Waals surface area contributed by atoms with Gasteiger partial charge >= 0.3 is 6.09 Å². The van der Waals surface area contributed by atoms with Crippen molar-refractivity contribution in [1.82, 2.24) is 9.47 Å². The Bertz CT molecular complexity index is 545. The minimum absolute atomic E-state index is 0.0690. The monoisotopic (exact) mass is 308 g/mol. The average Bonchev–Trinajstić information content (AvgIpc) is 3.04. The van der Waals surface area contributed by atoms with Crippen LogP contribution in [0.2, 0.25) is 0 Å². The van der Waals surface area contributed by atoms with Gasteiger partial charge in [-0.05, 0) is 45.7 Å². The SMILES string of the molecule is COCC1CCCN1C(=O)c1cccn1C(=O)OC(C)(C)C. The van der Waals surface area contributed by atoms with Gasteiger partial charge in [-0.15, -0.1) is 0 Å². The number of methoxy groups -OCH3 is 1. The van der Waals surface area contributed by atoms with Gasteiger partial charge in [0.1, 0.15) is 11.3 Å². The van der Waals surface area contributed by atoms with Crippen LogP contribution in [0.3, 0.4) is 0 Å². The normalized spacial score (nSPS) is 18.5. The average molecular weight is 308 g/mol. The van der Waals surface area contributed by atoms with Gasteiger partial charge in [0.15, 0.2) is 0 Å². The largest absolute Gasteiger partial charge is 0.443 e. The summed E-state index contributed by atoms with van der Waals surface area (Å²) in [6.45, 7) is 6.59. The van der Waals surface area contributed by atoms with E-state index >= 15 is 0 Å². The van der Waals surface area contributed by atoms with Crippen LogP contribution in [0.15, 0.2) is 18.3 Å². The summed E-state index contributed by atoms with van der Waals surface area (Å²) in [5.41, 5.74) is -0.272. The Kier molecular flexibility index (Phi) is 4.90. The lowest BCUT2D eigenvalue weighted by Gasteiger charge is -2.25. The van der Waals surface area contributed by atoms with Crippen LogP contribution in [0.4, 0.5) is 4.79 Å². The maximum atomic E-state index is 12.7. The molecule has 0 radical (unpaired) electrons. The van der Waals surface area contributed by atoms with Crippen molar-refractivity contribution in [3.63, 3.8) is 0 Å². The van der Waals surface area contributed by atoms with Crippen LogP contribution in [0.25, 0.3) is 0 Å². The maximum Gasteiger partial charge on any atom is 0.419 e. The lowest BCUT2D eigenvalue weighted by atomic mass is 10.2. The Hall–Kier alpha value is -1.82. The molecule has 1 amide bonds. The van der Waals surface area contributed by atoms with Crippen LogP contribution in [-0.4, -0.2) is 53.4 Å². The van der Waals surface area contributed by atoms with Crippen molar-refractivity contribution < 1.29 is 19.1 Å². The summed E-state index contributed by atoms with van der Waals surface area (Å²) in [6, 6.07) is 3.40. The fourth-order valence-electron chi connectivity index (χ4n) is 2.64. The van der Waals surface area contributed by atoms with Crippen LogP contribution in [-0.2, 0) is 9.47 Å². The summed E-state index contributed by atoms with van der Waals surface area (Å²) >= 11 is 0. The van der Waals surface area contributed by atoms with Crippen LogP contribution >= 0.6 is 0 Å². The van der Waals surface area contributed by atoms with E-state index in [0.29, 0.717) is 18.8 Å². The lowest BCUT2D eigenvalue weighted by molar-refractivity contribution is 0.0499. The van der Waals surface area contributed by atoms with Gasteiger partial charge in [-0.1, -0.05) is 0 Å². The van der Waals surface area contributed by atoms with Crippen molar-refractivity contribution in [1.29, 1.82) is 0 Å². The molecule has 0 N–H and O–H groups in total. The van der Waals surface area contributed by atoms with E-state index < -0.39 is 11.7 Å². The standard InChI is InChI=1S/C16H24N2O4/c1-16(2,3)22-15(20)18-10-6-8-13(18)14(19)17-9-5-7-12(17)11-21-4/h6,8,10,12H,5,7,9,11H2,1-4H3. The van der Waals surface area contributed by atoms with Gasteiger partial charge in [-0.25, -0.2) is 9.36 Å². The molecule has 0 spiro atoms.